The molecule has 0 aliphatic carbocycles. The van der Waals surface area contributed by atoms with E-state index in [1.54, 1.807) is 6.07 Å². The summed E-state index contributed by atoms with van der Waals surface area (Å²) < 4.78 is 13.1. The summed E-state index contributed by atoms with van der Waals surface area (Å²) in [6.07, 6.45) is 0.776. The molecule has 1 aromatic carbocycles. The van der Waals surface area contributed by atoms with Gasteiger partial charge in [-0.05, 0) is 43.0 Å². The average molecular weight is 242 g/mol. The van der Waals surface area contributed by atoms with Crippen molar-refractivity contribution in [3.63, 3.8) is 0 Å². The van der Waals surface area contributed by atoms with Gasteiger partial charge in [0.15, 0.2) is 0 Å². The highest BCUT2D eigenvalue weighted by molar-refractivity contribution is 5.31. The lowest BCUT2D eigenvalue weighted by Crippen LogP contribution is -1.93. The van der Waals surface area contributed by atoms with Gasteiger partial charge in [-0.2, -0.15) is 0 Å². The zero-order chi connectivity index (χ0) is 14.4. The van der Waals surface area contributed by atoms with E-state index >= 15 is 0 Å². The summed E-state index contributed by atoms with van der Waals surface area (Å²) in [7, 11) is 0. The highest BCUT2D eigenvalue weighted by atomic mass is 19.1. The number of halogens is 1. The molecule has 0 saturated carbocycles. The predicted molar refractivity (Wildman–Crippen MR) is 79.3 cm³/mol. The van der Waals surface area contributed by atoms with Crippen LogP contribution in [0.25, 0.3) is 0 Å². The Morgan fingerprint density at radius 1 is 0.882 bits per heavy atom. The van der Waals surface area contributed by atoms with E-state index in [9.17, 15) is 4.39 Å². The summed E-state index contributed by atoms with van der Waals surface area (Å²) in [6, 6.07) is 3.60. The lowest BCUT2D eigenvalue weighted by Gasteiger charge is -2.05. The molecule has 0 amide bonds. The Labute approximate surface area is 108 Å². The third-order valence-corrected chi connectivity index (χ3v) is 1.92. The van der Waals surface area contributed by atoms with Gasteiger partial charge >= 0.3 is 0 Å². The summed E-state index contributed by atoms with van der Waals surface area (Å²) in [5.41, 5.74) is 2.90. The molecule has 1 heteroatoms. The first-order valence-electron chi connectivity index (χ1n) is 6.90. The van der Waals surface area contributed by atoms with Crippen LogP contribution in [0.4, 0.5) is 4.39 Å². The van der Waals surface area contributed by atoms with E-state index < -0.39 is 0 Å². The molecule has 1 rings (SSSR count). The van der Waals surface area contributed by atoms with Crippen LogP contribution in [0, 0.1) is 19.7 Å². The number of rotatable bonds is 1. The zero-order valence-electron chi connectivity index (χ0n) is 13.2. The summed E-state index contributed by atoms with van der Waals surface area (Å²) >= 11 is 0. The van der Waals surface area contributed by atoms with Gasteiger partial charge in [0.05, 0.1) is 0 Å². The molecule has 0 aromatic heterocycles. The molecule has 0 radical (unpaired) electrons. The minimum absolute atomic E-state index is 0.0648. The second kappa shape index (κ2) is 15.1. The van der Waals surface area contributed by atoms with Crippen molar-refractivity contribution in [1.82, 2.24) is 0 Å². The van der Waals surface area contributed by atoms with Gasteiger partial charge in [0.2, 0.25) is 0 Å². The number of hydrogen-bond donors (Lipinski definition) is 0. The van der Waals surface area contributed by atoms with Crippen LogP contribution in [0.1, 0.15) is 65.2 Å². The van der Waals surface area contributed by atoms with Crippen LogP contribution >= 0.6 is 0 Å². The third-order valence-electron chi connectivity index (χ3n) is 1.92. The Balaban J connectivity index is -0.000000285. The van der Waals surface area contributed by atoms with Crippen LogP contribution in [0.3, 0.4) is 0 Å². The number of hydrogen-bond acceptors (Lipinski definition) is 0. The molecule has 0 heterocycles. The van der Waals surface area contributed by atoms with Gasteiger partial charge in [-0.1, -0.05) is 54.5 Å². The van der Waals surface area contributed by atoms with Crippen molar-refractivity contribution in [1.29, 1.82) is 0 Å². The van der Waals surface area contributed by atoms with E-state index in [0.717, 1.165) is 23.1 Å². The molecular weight excluding hydrogens is 211 g/mol. The molecule has 0 saturated heterocycles. The van der Waals surface area contributed by atoms with Crippen molar-refractivity contribution in [2.24, 2.45) is 0 Å². The lowest BCUT2D eigenvalue weighted by atomic mass is 10.0. The van der Waals surface area contributed by atoms with E-state index in [1.165, 1.54) is 0 Å². The largest absolute Gasteiger partial charge is 0.207 e. The lowest BCUT2D eigenvalue weighted by molar-refractivity contribution is 0.609. The third kappa shape index (κ3) is 8.91. The number of aryl methyl sites for hydroxylation is 2. The Bertz CT molecular complexity index is 241. The fourth-order valence-corrected chi connectivity index (χ4v) is 1.39. The van der Waals surface area contributed by atoms with Crippen molar-refractivity contribution in [3.05, 3.63) is 34.6 Å². The van der Waals surface area contributed by atoms with Crippen molar-refractivity contribution in [2.45, 2.75) is 68.7 Å². The SMILES string of the molecule is CC.CC.CC.CCc1c(C)cc(C)cc1F. The Hall–Kier alpha value is -0.850. The molecule has 0 N–H and O–H groups in total. The molecule has 0 spiro atoms. The molecule has 0 aliphatic heterocycles. The molecule has 0 atom stereocenters. The first-order valence-corrected chi connectivity index (χ1v) is 6.90. The normalized spacial score (nSPS) is 7.65. The van der Waals surface area contributed by atoms with Crippen LogP contribution in [-0.2, 0) is 6.42 Å². The van der Waals surface area contributed by atoms with E-state index in [4.69, 9.17) is 0 Å². The van der Waals surface area contributed by atoms with Gasteiger partial charge in [0.1, 0.15) is 5.82 Å². The monoisotopic (exact) mass is 242 g/mol. The van der Waals surface area contributed by atoms with Gasteiger partial charge in [-0.15, -0.1) is 0 Å². The van der Waals surface area contributed by atoms with Gasteiger partial charge in [0.25, 0.3) is 0 Å². The first kappa shape index (κ1) is 21.4. The summed E-state index contributed by atoms with van der Waals surface area (Å²) in [5, 5.41) is 0. The van der Waals surface area contributed by atoms with Crippen LogP contribution in [0.15, 0.2) is 12.1 Å². The highest BCUT2D eigenvalue weighted by Gasteiger charge is 2.03. The van der Waals surface area contributed by atoms with Crippen molar-refractivity contribution >= 4 is 0 Å². The summed E-state index contributed by atoms with van der Waals surface area (Å²) in [5.74, 6) is -0.0648. The molecule has 0 unspecified atom stereocenters. The van der Waals surface area contributed by atoms with Gasteiger partial charge in [-0.3, -0.25) is 0 Å². The second-order valence-electron chi connectivity index (χ2n) is 2.90. The van der Waals surface area contributed by atoms with Crippen LogP contribution in [-0.4, -0.2) is 0 Å². The molecule has 0 nitrogen and oxygen atoms in total. The van der Waals surface area contributed by atoms with E-state index in [2.05, 4.69) is 0 Å². The van der Waals surface area contributed by atoms with Gasteiger partial charge in [-0.25, -0.2) is 4.39 Å². The molecular formula is C16H31F. The fraction of sp³-hybridized carbons (Fsp3) is 0.625. The van der Waals surface area contributed by atoms with Crippen LogP contribution < -0.4 is 0 Å². The topological polar surface area (TPSA) is 0 Å². The standard InChI is InChI=1S/C10H13F.3C2H6/c1-4-9-8(3)5-7(2)6-10(9)11;3*1-2/h5-6H,4H2,1-3H3;3*1-2H3. The van der Waals surface area contributed by atoms with Gasteiger partial charge in [0, 0.05) is 0 Å². The maximum absolute atomic E-state index is 13.1. The van der Waals surface area contributed by atoms with Crippen LogP contribution in [0.2, 0.25) is 0 Å². The first-order chi connectivity index (χ1) is 8.15. The quantitative estimate of drug-likeness (QED) is 0.559. The molecule has 0 fully saturated rings. The minimum atomic E-state index is -0.0648. The molecule has 0 aliphatic rings. The second-order valence-corrected chi connectivity index (χ2v) is 2.90. The van der Waals surface area contributed by atoms with E-state index in [0.29, 0.717) is 0 Å². The highest BCUT2D eigenvalue weighted by Crippen LogP contribution is 2.15. The average Bonchev–Trinajstić information content (AvgIpc) is 2.36. The summed E-state index contributed by atoms with van der Waals surface area (Å²) in [4.78, 5) is 0. The zero-order valence-corrected chi connectivity index (χ0v) is 13.2. The molecule has 17 heavy (non-hydrogen) atoms. The summed E-state index contributed by atoms with van der Waals surface area (Å²) in [6.45, 7) is 17.8. The van der Waals surface area contributed by atoms with E-state index in [1.807, 2.05) is 68.4 Å². The smallest absolute Gasteiger partial charge is 0.126 e. The van der Waals surface area contributed by atoms with E-state index in [-0.39, 0.29) is 5.82 Å². The van der Waals surface area contributed by atoms with Crippen LogP contribution in [0.5, 0.6) is 0 Å². The number of benzene rings is 1. The maximum Gasteiger partial charge on any atom is 0.126 e. The predicted octanol–water partition coefficient (Wildman–Crippen LogP) is 6.08. The minimum Gasteiger partial charge on any atom is -0.207 e. The fourth-order valence-electron chi connectivity index (χ4n) is 1.39. The molecule has 102 valence electrons. The van der Waals surface area contributed by atoms with Crippen molar-refractivity contribution in [2.75, 3.05) is 0 Å². The van der Waals surface area contributed by atoms with Crippen molar-refractivity contribution in [3.8, 4) is 0 Å². The Morgan fingerprint density at radius 2 is 1.29 bits per heavy atom. The molecule has 1 aromatic rings. The van der Waals surface area contributed by atoms with Crippen molar-refractivity contribution < 1.29 is 4.39 Å². The molecule has 0 bridgehead atoms. The van der Waals surface area contributed by atoms with Gasteiger partial charge < -0.3 is 0 Å². The Kier molecular flexibility index (Phi) is 19.1. The Morgan fingerprint density at radius 3 is 1.59 bits per heavy atom. The maximum atomic E-state index is 13.1.